The summed E-state index contributed by atoms with van der Waals surface area (Å²) in [6.07, 6.45) is 5.26. The van der Waals surface area contributed by atoms with E-state index in [9.17, 15) is 17.6 Å². The van der Waals surface area contributed by atoms with E-state index in [2.05, 4.69) is 4.98 Å². The van der Waals surface area contributed by atoms with E-state index < -0.39 is 21.4 Å². The number of hydrogen-bond acceptors (Lipinski definition) is 6. The molecule has 10 heteroatoms. The zero-order valence-electron chi connectivity index (χ0n) is 22.0. The van der Waals surface area contributed by atoms with E-state index in [4.69, 9.17) is 9.47 Å². The largest absolute Gasteiger partial charge is 0.376 e. The molecule has 3 heterocycles. The lowest BCUT2D eigenvalue weighted by Crippen LogP contribution is -2.39. The Bertz CT molecular complexity index is 1180. The number of benzene rings is 1. The van der Waals surface area contributed by atoms with Gasteiger partial charge in [0, 0.05) is 31.7 Å². The third kappa shape index (κ3) is 7.39. The van der Waals surface area contributed by atoms with Crippen LogP contribution in [0.3, 0.4) is 0 Å². The number of hydrogen-bond donors (Lipinski definition) is 0. The second-order valence-corrected chi connectivity index (χ2v) is 13.2. The lowest BCUT2D eigenvalue weighted by Gasteiger charge is -2.29. The number of sulfone groups is 1. The molecule has 0 aliphatic carbocycles. The minimum atomic E-state index is -3.97. The molecule has 1 aromatic carbocycles. The molecule has 204 valence electrons. The first-order chi connectivity index (χ1) is 17.5. The summed E-state index contributed by atoms with van der Waals surface area (Å²) < 4.78 is 54.5. The fraction of sp³-hybridized carbons (Fsp3) is 0.630. The summed E-state index contributed by atoms with van der Waals surface area (Å²) in [5, 5.41) is -0.124. The highest BCUT2D eigenvalue weighted by atomic mass is 32.2. The summed E-state index contributed by atoms with van der Waals surface area (Å²) in [4.78, 5) is 19.4. The van der Waals surface area contributed by atoms with Crippen molar-refractivity contribution in [1.82, 2.24) is 14.5 Å². The molecular weight excluding hydrogens is 497 g/mol. The first kappa shape index (κ1) is 27.7. The molecule has 0 spiro atoms. The summed E-state index contributed by atoms with van der Waals surface area (Å²) in [5.41, 5.74) is 0.511. The molecule has 0 N–H and O–H groups in total. The SMILES string of the molecule is CC(C)(C)CC(=O)N(Cc1cnc(S(=O)(=O)Cc2ccccc2F)n1C[C@H]1CCCO1)C[C@H]1CCCO1. The molecule has 8 nitrogen and oxygen atoms in total. The predicted molar refractivity (Wildman–Crippen MR) is 137 cm³/mol. The molecule has 2 aliphatic heterocycles. The van der Waals surface area contributed by atoms with E-state index in [1.54, 1.807) is 15.5 Å². The van der Waals surface area contributed by atoms with Gasteiger partial charge in [-0.3, -0.25) is 4.79 Å². The zero-order chi connectivity index (χ0) is 26.6. The second-order valence-electron chi connectivity index (χ2n) is 11.3. The number of rotatable bonds is 10. The molecular formula is C27H38FN3O5S. The molecule has 1 amide bonds. The normalized spacial score (nSPS) is 20.4. The number of amides is 1. The topological polar surface area (TPSA) is 90.7 Å². The molecule has 2 saturated heterocycles. The predicted octanol–water partition coefficient (Wildman–Crippen LogP) is 4.12. The van der Waals surface area contributed by atoms with Crippen LogP contribution in [-0.4, -0.2) is 60.7 Å². The van der Waals surface area contributed by atoms with Gasteiger partial charge in [0.2, 0.25) is 20.9 Å². The van der Waals surface area contributed by atoms with Gasteiger partial charge < -0.3 is 18.9 Å². The monoisotopic (exact) mass is 535 g/mol. The number of carbonyl (C=O) groups excluding carboxylic acids is 1. The van der Waals surface area contributed by atoms with Gasteiger partial charge in [0.15, 0.2) is 0 Å². The van der Waals surface area contributed by atoms with Crippen LogP contribution in [0.25, 0.3) is 0 Å². The molecule has 4 rings (SSSR count). The number of nitrogens with zero attached hydrogens (tertiary/aromatic N) is 3. The van der Waals surface area contributed by atoms with Crippen LogP contribution < -0.4 is 0 Å². The summed E-state index contributed by atoms with van der Waals surface area (Å²) in [6.45, 7) is 8.32. The van der Waals surface area contributed by atoms with Crippen molar-refractivity contribution in [3.63, 3.8) is 0 Å². The van der Waals surface area contributed by atoms with E-state index in [0.29, 0.717) is 38.4 Å². The molecule has 2 aromatic rings. The third-order valence-electron chi connectivity index (χ3n) is 6.73. The molecule has 2 fully saturated rings. The Labute approximate surface area is 219 Å². The smallest absolute Gasteiger partial charge is 0.228 e. The van der Waals surface area contributed by atoms with Crippen molar-refractivity contribution in [3.05, 3.63) is 47.5 Å². The van der Waals surface area contributed by atoms with Gasteiger partial charge in [0.05, 0.1) is 42.9 Å². The Morgan fingerprint density at radius 3 is 2.43 bits per heavy atom. The number of aromatic nitrogens is 2. The number of carbonyl (C=O) groups is 1. The van der Waals surface area contributed by atoms with Crippen LogP contribution in [0.1, 0.15) is 64.1 Å². The van der Waals surface area contributed by atoms with Crippen LogP contribution in [-0.2, 0) is 42.9 Å². The second kappa shape index (κ2) is 11.6. The van der Waals surface area contributed by atoms with Gasteiger partial charge in [0.25, 0.3) is 0 Å². The number of ether oxygens (including phenoxy) is 2. The maximum absolute atomic E-state index is 14.3. The molecule has 0 unspecified atom stereocenters. The number of imidazole rings is 1. The standard InChI is InChI=1S/C27H38FN3O5S/c1-27(2,3)14-25(32)30(17-22-9-6-12-35-22)16-21-15-29-26(31(21)18-23-10-7-13-36-23)37(33,34)19-20-8-4-5-11-24(20)28/h4-5,8,11,15,22-23H,6-7,9-10,12-14,16-19H2,1-3H3/t22-,23-/m1/s1. The Kier molecular flexibility index (Phi) is 8.70. The highest BCUT2D eigenvalue weighted by Gasteiger charge is 2.31. The quantitative estimate of drug-likeness (QED) is 0.455. The third-order valence-corrected chi connectivity index (χ3v) is 8.30. The maximum atomic E-state index is 14.3. The van der Waals surface area contributed by atoms with Gasteiger partial charge >= 0.3 is 0 Å². The lowest BCUT2D eigenvalue weighted by atomic mass is 9.91. The van der Waals surface area contributed by atoms with Crippen LogP contribution in [0.5, 0.6) is 0 Å². The van der Waals surface area contributed by atoms with Crippen LogP contribution >= 0.6 is 0 Å². The first-order valence-electron chi connectivity index (χ1n) is 13.0. The molecule has 0 bridgehead atoms. The van der Waals surface area contributed by atoms with E-state index in [0.717, 1.165) is 25.7 Å². The van der Waals surface area contributed by atoms with Crippen molar-refractivity contribution < 1.29 is 27.1 Å². The first-order valence-corrected chi connectivity index (χ1v) is 14.7. The average Bonchev–Trinajstić information content (AvgIpc) is 3.57. The number of halogens is 1. The van der Waals surface area contributed by atoms with Crippen LogP contribution in [0.15, 0.2) is 35.6 Å². The van der Waals surface area contributed by atoms with Crippen molar-refractivity contribution in [2.24, 2.45) is 5.41 Å². The Balaban J connectivity index is 1.65. The minimum absolute atomic E-state index is 0.0105. The fourth-order valence-electron chi connectivity index (χ4n) is 4.89. The molecule has 37 heavy (non-hydrogen) atoms. The zero-order valence-corrected chi connectivity index (χ0v) is 22.8. The van der Waals surface area contributed by atoms with Gasteiger partial charge in [-0.2, -0.15) is 0 Å². The van der Waals surface area contributed by atoms with Crippen LogP contribution in [0.4, 0.5) is 4.39 Å². The van der Waals surface area contributed by atoms with Gasteiger partial charge in [-0.25, -0.2) is 17.8 Å². The van der Waals surface area contributed by atoms with E-state index in [1.807, 2.05) is 20.8 Å². The van der Waals surface area contributed by atoms with Crippen molar-refractivity contribution in [3.8, 4) is 0 Å². The summed E-state index contributed by atoms with van der Waals surface area (Å²) in [6, 6.07) is 5.86. The van der Waals surface area contributed by atoms with Crippen LogP contribution in [0, 0.1) is 11.2 Å². The van der Waals surface area contributed by atoms with Gasteiger partial charge in [0.1, 0.15) is 5.82 Å². The fourth-order valence-corrected chi connectivity index (χ4v) is 6.40. The van der Waals surface area contributed by atoms with E-state index in [1.165, 1.54) is 24.4 Å². The van der Waals surface area contributed by atoms with Gasteiger partial charge in [-0.1, -0.05) is 39.0 Å². The van der Waals surface area contributed by atoms with Gasteiger partial charge in [-0.05, 0) is 37.2 Å². The summed E-state index contributed by atoms with van der Waals surface area (Å²) >= 11 is 0. The van der Waals surface area contributed by atoms with Gasteiger partial charge in [-0.15, -0.1) is 0 Å². The summed E-state index contributed by atoms with van der Waals surface area (Å²) in [7, 11) is -3.97. The minimum Gasteiger partial charge on any atom is -0.376 e. The van der Waals surface area contributed by atoms with Crippen LogP contribution in [0.2, 0.25) is 0 Å². The lowest BCUT2D eigenvalue weighted by molar-refractivity contribution is -0.135. The van der Waals surface area contributed by atoms with Crippen molar-refractivity contribution >= 4 is 15.7 Å². The summed E-state index contributed by atoms with van der Waals surface area (Å²) in [5.74, 6) is -1.08. The Morgan fingerprint density at radius 2 is 1.81 bits per heavy atom. The van der Waals surface area contributed by atoms with Crippen molar-refractivity contribution in [1.29, 1.82) is 0 Å². The van der Waals surface area contributed by atoms with Crippen molar-refractivity contribution in [2.75, 3.05) is 19.8 Å². The molecule has 0 saturated carbocycles. The highest BCUT2D eigenvalue weighted by Crippen LogP contribution is 2.26. The molecule has 2 aliphatic rings. The van der Waals surface area contributed by atoms with Crippen molar-refractivity contribution in [2.45, 2.75) is 89.1 Å². The Morgan fingerprint density at radius 1 is 1.14 bits per heavy atom. The van der Waals surface area contributed by atoms with E-state index >= 15 is 0 Å². The molecule has 2 atom stereocenters. The van der Waals surface area contributed by atoms with E-state index in [-0.39, 0.29) is 40.8 Å². The highest BCUT2D eigenvalue weighted by molar-refractivity contribution is 7.90. The molecule has 1 aromatic heterocycles. The molecule has 0 radical (unpaired) electrons. The average molecular weight is 536 g/mol. The maximum Gasteiger partial charge on any atom is 0.228 e. The Hall–Kier alpha value is -2.30.